The number of benzene rings is 2. The molecular formula is C19H22F3N3O4S. The number of primary sulfonamides is 1. The van der Waals surface area contributed by atoms with Gasteiger partial charge < -0.3 is 10.1 Å². The van der Waals surface area contributed by atoms with E-state index in [1.807, 2.05) is 6.92 Å². The Bertz CT molecular complexity index is 979. The molecule has 0 bridgehead atoms. The number of carbonyl (C=O) groups excluding carboxylic acids is 1. The van der Waals surface area contributed by atoms with Crippen LogP contribution in [0, 0.1) is 0 Å². The maximum absolute atomic E-state index is 12.5. The minimum absolute atomic E-state index is 0.0152. The Morgan fingerprint density at radius 2 is 1.77 bits per heavy atom. The molecule has 0 aliphatic heterocycles. The second-order valence-electron chi connectivity index (χ2n) is 6.64. The molecular weight excluding hydrogens is 423 g/mol. The summed E-state index contributed by atoms with van der Waals surface area (Å²) in [4.78, 5) is 13.9. The second kappa shape index (κ2) is 9.45. The van der Waals surface area contributed by atoms with Crippen LogP contribution >= 0.6 is 0 Å². The Labute approximate surface area is 172 Å². The molecule has 0 saturated carbocycles. The molecule has 2 rings (SSSR count). The zero-order valence-corrected chi connectivity index (χ0v) is 17.1. The first-order valence-electron chi connectivity index (χ1n) is 8.80. The molecule has 0 aromatic heterocycles. The summed E-state index contributed by atoms with van der Waals surface area (Å²) in [5.74, 6) is -0.769. The van der Waals surface area contributed by atoms with Crippen LogP contribution < -0.4 is 15.2 Å². The minimum Gasteiger partial charge on any atom is -0.405 e. The number of nitrogens with zero attached hydrogens (tertiary/aromatic N) is 1. The minimum atomic E-state index is -4.82. The third kappa shape index (κ3) is 7.01. The number of hydrogen-bond acceptors (Lipinski definition) is 5. The number of hydrogen-bond donors (Lipinski definition) is 2. The molecule has 0 aliphatic rings. The van der Waals surface area contributed by atoms with E-state index in [1.165, 1.54) is 30.3 Å². The van der Waals surface area contributed by atoms with Crippen LogP contribution in [-0.2, 0) is 21.4 Å². The Morgan fingerprint density at radius 3 is 2.33 bits per heavy atom. The van der Waals surface area contributed by atoms with Crippen LogP contribution in [0.3, 0.4) is 0 Å². The van der Waals surface area contributed by atoms with Crippen molar-refractivity contribution < 1.29 is 31.1 Å². The number of sulfonamides is 1. The number of likely N-dealkylation sites (N-methyl/N-ethyl adjacent to an activating group) is 1. The van der Waals surface area contributed by atoms with E-state index >= 15 is 0 Å². The van der Waals surface area contributed by atoms with Gasteiger partial charge in [0, 0.05) is 18.2 Å². The molecule has 0 aliphatic carbocycles. The average Bonchev–Trinajstić information content (AvgIpc) is 2.65. The lowest BCUT2D eigenvalue weighted by Crippen LogP contribution is -2.36. The van der Waals surface area contributed by atoms with Gasteiger partial charge in [-0.25, -0.2) is 13.6 Å². The third-order valence-corrected chi connectivity index (χ3v) is 5.35. The lowest BCUT2D eigenvalue weighted by Gasteiger charge is -2.24. The van der Waals surface area contributed by atoms with Crippen molar-refractivity contribution in [1.29, 1.82) is 0 Å². The van der Waals surface area contributed by atoms with Crippen LogP contribution in [0.1, 0.15) is 24.1 Å². The molecule has 164 valence electrons. The van der Waals surface area contributed by atoms with E-state index in [-0.39, 0.29) is 35.3 Å². The average molecular weight is 445 g/mol. The predicted octanol–water partition coefficient (Wildman–Crippen LogP) is 2.54. The molecule has 0 fully saturated rings. The van der Waals surface area contributed by atoms with Gasteiger partial charge in [0.25, 0.3) is 0 Å². The highest BCUT2D eigenvalue weighted by atomic mass is 32.2. The molecule has 30 heavy (non-hydrogen) atoms. The smallest absolute Gasteiger partial charge is 0.405 e. The topological polar surface area (TPSA) is 102 Å². The number of nitrogens with two attached hydrogens (primary N) is 1. The summed E-state index contributed by atoms with van der Waals surface area (Å²) in [6, 6.07) is 11.3. The summed E-state index contributed by atoms with van der Waals surface area (Å²) >= 11 is 0. The quantitative estimate of drug-likeness (QED) is 0.650. The number of alkyl halides is 3. The maximum atomic E-state index is 12.5. The second-order valence-corrected chi connectivity index (χ2v) is 8.20. The van der Waals surface area contributed by atoms with Crippen molar-refractivity contribution in [3.63, 3.8) is 0 Å². The van der Waals surface area contributed by atoms with E-state index < -0.39 is 22.3 Å². The standard InChI is InChI=1S/C19H22F3N3O4S/c1-13(14-7-9-16(10-8-14)30(23,27)28)25(2)12-18(26)24-11-15-5-3-4-6-17(15)29-19(20,21)22/h3-10,13H,11-12H2,1-2H3,(H,24,26)(H2,23,27,28). The number of rotatable bonds is 8. The maximum Gasteiger partial charge on any atom is 0.573 e. The highest BCUT2D eigenvalue weighted by Gasteiger charge is 2.32. The first-order chi connectivity index (χ1) is 13.9. The summed E-state index contributed by atoms with van der Waals surface area (Å²) in [7, 11) is -2.10. The van der Waals surface area contributed by atoms with Crippen LogP contribution in [0.2, 0.25) is 0 Å². The Balaban J connectivity index is 1.95. The van der Waals surface area contributed by atoms with Crippen molar-refractivity contribution in [3.8, 4) is 5.75 Å². The van der Waals surface area contributed by atoms with Gasteiger partial charge in [0.15, 0.2) is 0 Å². The fraction of sp³-hybridized carbons (Fsp3) is 0.316. The van der Waals surface area contributed by atoms with Crippen molar-refractivity contribution in [3.05, 3.63) is 59.7 Å². The van der Waals surface area contributed by atoms with Crippen molar-refractivity contribution >= 4 is 15.9 Å². The molecule has 0 spiro atoms. The van der Waals surface area contributed by atoms with E-state index in [0.29, 0.717) is 0 Å². The van der Waals surface area contributed by atoms with Gasteiger partial charge in [-0.05, 0) is 37.7 Å². The molecule has 1 amide bonds. The fourth-order valence-electron chi connectivity index (χ4n) is 2.68. The number of amides is 1. The van der Waals surface area contributed by atoms with Crippen LogP contribution in [0.15, 0.2) is 53.4 Å². The molecule has 2 aromatic rings. The highest BCUT2D eigenvalue weighted by Crippen LogP contribution is 2.26. The van der Waals surface area contributed by atoms with Crippen molar-refractivity contribution in [2.75, 3.05) is 13.6 Å². The van der Waals surface area contributed by atoms with Crippen LogP contribution in [0.5, 0.6) is 5.75 Å². The van der Waals surface area contributed by atoms with Gasteiger partial charge in [-0.1, -0.05) is 30.3 Å². The van der Waals surface area contributed by atoms with Gasteiger partial charge in [0.1, 0.15) is 5.75 Å². The summed E-state index contributed by atoms with van der Waals surface area (Å²) in [5.41, 5.74) is 0.957. The van der Waals surface area contributed by atoms with Crippen molar-refractivity contribution in [2.24, 2.45) is 5.14 Å². The Hall–Kier alpha value is -2.63. The first-order valence-corrected chi connectivity index (χ1v) is 10.3. The van der Waals surface area contributed by atoms with Crippen molar-refractivity contribution in [1.82, 2.24) is 10.2 Å². The van der Waals surface area contributed by atoms with Crippen LogP contribution in [0.4, 0.5) is 13.2 Å². The molecule has 1 unspecified atom stereocenters. The van der Waals surface area contributed by atoms with E-state index in [0.717, 1.165) is 5.56 Å². The molecule has 2 aromatic carbocycles. The van der Waals surface area contributed by atoms with Gasteiger partial charge in [-0.2, -0.15) is 0 Å². The summed E-state index contributed by atoms with van der Waals surface area (Å²) < 4.78 is 64.0. The predicted molar refractivity (Wildman–Crippen MR) is 104 cm³/mol. The lowest BCUT2D eigenvalue weighted by atomic mass is 10.1. The van der Waals surface area contributed by atoms with Gasteiger partial charge in [0.2, 0.25) is 15.9 Å². The van der Waals surface area contributed by atoms with Gasteiger partial charge in [-0.15, -0.1) is 13.2 Å². The molecule has 11 heteroatoms. The SMILES string of the molecule is CC(c1ccc(S(N)(=O)=O)cc1)N(C)CC(=O)NCc1ccccc1OC(F)(F)F. The van der Waals surface area contributed by atoms with E-state index in [4.69, 9.17) is 5.14 Å². The van der Waals surface area contributed by atoms with Gasteiger partial charge >= 0.3 is 6.36 Å². The molecule has 0 heterocycles. The van der Waals surface area contributed by atoms with Crippen LogP contribution in [0.25, 0.3) is 0 Å². The monoisotopic (exact) mass is 445 g/mol. The molecule has 3 N–H and O–H groups in total. The Morgan fingerprint density at radius 1 is 1.17 bits per heavy atom. The highest BCUT2D eigenvalue weighted by molar-refractivity contribution is 7.89. The third-order valence-electron chi connectivity index (χ3n) is 4.42. The fourth-order valence-corrected chi connectivity index (χ4v) is 3.19. The molecule has 1 atom stereocenters. The van der Waals surface area contributed by atoms with E-state index in [1.54, 1.807) is 30.1 Å². The molecule has 0 saturated heterocycles. The Kier molecular flexibility index (Phi) is 7.45. The lowest BCUT2D eigenvalue weighted by molar-refractivity contribution is -0.274. The summed E-state index contributed by atoms with van der Waals surface area (Å²) in [6.07, 6.45) is -4.82. The number of nitrogens with one attached hydrogen (secondary N) is 1. The van der Waals surface area contributed by atoms with E-state index in [9.17, 15) is 26.4 Å². The largest absolute Gasteiger partial charge is 0.573 e. The van der Waals surface area contributed by atoms with Gasteiger partial charge in [-0.3, -0.25) is 9.69 Å². The van der Waals surface area contributed by atoms with Crippen molar-refractivity contribution in [2.45, 2.75) is 30.8 Å². The number of halogens is 3. The summed E-state index contributed by atoms with van der Waals surface area (Å²) in [5, 5.41) is 7.64. The van der Waals surface area contributed by atoms with Gasteiger partial charge in [0.05, 0.1) is 11.4 Å². The first kappa shape index (κ1) is 23.6. The molecule has 0 radical (unpaired) electrons. The normalized spacial score (nSPS) is 13.2. The zero-order valence-electron chi connectivity index (χ0n) is 16.3. The van der Waals surface area contributed by atoms with E-state index in [2.05, 4.69) is 10.1 Å². The molecule has 7 nitrogen and oxygen atoms in total. The number of para-hydroxylation sites is 1. The summed E-state index contributed by atoms with van der Waals surface area (Å²) in [6.45, 7) is 1.67. The number of carbonyl (C=O) groups is 1. The zero-order chi connectivity index (χ0) is 22.5. The van der Waals surface area contributed by atoms with Crippen LogP contribution in [-0.4, -0.2) is 39.2 Å². The number of ether oxygens (including phenoxy) is 1.